The molecule has 1 aliphatic rings. The first-order chi connectivity index (χ1) is 12.7. The number of amides is 1. The standard InChI is InChI=1S/C21H25NO3S/c1-15-5-8-19(9-6-15)26-14-17-12-16(7-10-20(17)24-2)21(23)22-13-18-4-3-11-25-18/h5-10,12,18H,3-4,11,13-14H2,1-2H3,(H,22,23)/t18-/m1/s1. The smallest absolute Gasteiger partial charge is 0.251 e. The SMILES string of the molecule is COc1ccc(C(=O)NC[C@H]2CCCO2)cc1CSc1ccc(C)cc1. The molecule has 3 rings (SSSR count). The van der Waals surface area contributed by atoms with E-state index >= 15 is 0 Å². The van der Waals surface area contributed by atoms with Crippen LogP contribution < -0.4 is 10.1 Å². The van der Waals surface area contributed by atoms with Gasteiger partial charge >= 0.3 is 0 Å². The second kappa shape index (κ2) is 9.10. The van der Waals surface area contributed by atoms with Crippen molar-refractivity contribution in [1.29, 1.82) is 0 Å². The molecule has 0 aromatic heterocycles. The van der Waals surface area contributed by atoms with E-state index < -0.39 is 0 Å². The summed E-state index contributed by atoms with van der Waals surface area (Å²) in [6.07, 6.45) is 2.24. The van der Waals surface area contributed by atoms with Crippen molar-refractivity contribution in [2.45, 2.75) is 36.5 Å². The first kappa shape index (κ1) is 18.8. The Bertz CT molecular complexity index is 739. The highest BCUT2D eigenvalue weighted by molar-refractivity contribution is 7.98. The maximum atomic E-state index is 12.5. The molecule has 0 spiro atoms. The molecule has 1 fully saturated rings. The summed E-state index contributed by atoms with van der Waals surface area (Å²) in [5.41, 5.74) is 2.92. The van der Waals surface area contributed by atoms with Crippen LogP contribution in [0.25, 0.3) is 0 Å². The van der Waals surface area contributed by atoms with Crippen molar-refractivity contribution in [3.63, 3.8) is 0 Å². The molecular formula is C21H25NO3S. The molecule has 0 radical (unpaired) electrons. The lowest BCUT2D eigenvalue weighted by atomic mass is 10.1. The average Bonchev–Trinajstić information content (AvgIpc) is 3.19. The summed E-state index contributed by atoms with van der Waals surface area (Å²) in [5.74, 6) is 1.49. The zero-order valence-corrected chi connectivity index (χ0v) is 16.1. The number of hydrogen-bond donors (Lipinski definition) is 1. The van der Waals surface area contributed by atoms with Crippen LogP contribution in [0, 0.1) is 6.92 Å². The van der Waals surface area contributed by atoms with Crippen molar-refractivity contribution in [1.82, 2.24) is 5.32 Å². The van der Waals surface area contributed by atoms with E-state index in [1.807, 2.05) is 18.2 Å². The number of benzene rings is 2. The highest BCUT2D eigenvalue weighted by Gasteiger charge is 2.17. The fourth-order valence-electron chi connectivity index (χ4n) is 2.94. The summed E-state index contributed by atoms with van der Waals surface area (Å²) in [6.45, 7) is 3.44. The van der Waals surface area contributed by atoms with Crippen LogP contribution in [0.1, 0.15) is 34.3 Å². The topological polar surface area (TPSA) is 47.6 Å². The Kier molecular flexibility index (Phi) is 6.58. The van der Waals surface area contributed by atoms with Crippen molar-refractivity contribution in [3.8, 4) is 5.75 Å². The van der Waals surface area contributed by atoms with Crippen molar-refractivity contribution in [3.05, 3.63) is 59.2 Å². The third-order valence-electron chi connectivity index (χ3n) is 4.47. The van der Waals surface area contributed by atoms with Gasteiger partial charge in [0.15, 0.2) is 0 Å². The fraction of sp³-hybridized carbons (Fsp3) is 0.381. The van der Waals surface area contributed by atoms with Crippen LogP contribution in [0.5, 0.6) is 5.75 Å². The minimum atomic E-state index is -0.0651. The van der Waals surface area contributed by atoms with Gasteiger partial charge in [0, 0.05) is 34.9 Å². The Hall–Kier alpha value is -1.98. The maximum absolute atomic E-state index is 12.5. The van der Waals surface area contributed by atoms with E-state index in [0.717, 1.165) is 36.5 Å². The Morgan fingerprint density at radius 2 is 2.08 bits per heavy atom. The quantitative estimate of drug-likeness (QED) is 0.741. The molecule has 0 aliphatic carbocycles. The van der Waals surface area contributed by atoms with E-state index in [4.69, 9.17) is 9.47 Å². The molecule has 1 saturated heterocycles. The van der Waals surface area contributed by atoms with Crippen molar-refractivity contribution in [2.75, 3.05) is 20.3 Å². The van der Waals surface area contributed by atoms with E-state index in [9.17, 15) is 4.79 Å². The first-order valence-corrected chi connectivity index (χ1v) is 9.90. The molecule has 2 aromatic carbocycles. The number of aryl methyl sites for hydroxylation is 1. The predicted molar refractivity (Wildman–Crippen MR) is 105 cm³/mol. The van der Waals surface area contributed by atoms with Crippen molar-refractivity contribution >= 4 is 17.7 Å². The van der Waals surface area contributed by atoms with E-state index in [0.29, 0.717) is 12.1 Å². The van der Waals surface area contributed by atoms with Gasteiger partial charge in [-0.3, -0.25) is 4.79 Å². The summed E-state index contributed by atoms with van der Waals surface area (Å²) in [4.78, 5) is 13.7. The normalized spacial score (nSPS) is 16.5. The Labute approximate surface area is 159 Å². The summed E-state index contributed by atoms with van der Waals surface area (Å²) in [5, 5.41) is 2.97. The van der Waals surface area contributed by atoms with Gasteiger partial charge in [0.25, 0.3) is 5.91 Å². The zero-order valence-electron chi connectivity index (χ0n) is 15.3. The van der Waals surface area contributed by atoms with Crippen LogP contribution in [-0.4, -0.2) is 32.3 Å². The second-order valence-electron chi connectivity index (χ2n) is 6.47. The number of rotatable bonds is 7. The minimum Gasteiger partial charge on any atom is -0.496 e. The van der Waals surface area contributed by atoms with Crippen molar-refractivity contribution < 1.29 is 14.3 Å². The van der Waals surface area contributed by atoms with Gasteiger partial charge in [-0.2, -0.15) is 0 Å². The molecule has 1 amide bonds. The molecule has 5 heteroatoms. The molecule has 1 aliphatic heterocycles. The number of methoxy groups -OCH3 is 1. The number of carbonyl (C=O) groups is 1. The average molecular weight is 372 g/mol. The first-order valence-electron chi connectivity index (χ1n) is 8.92. The summed E-state index contributed by atoms with van der Waals surface area (Å²) in [7, 11) is 1.66. The van der Waals surface area contributed by atoms with E-state index in [-0.39, 0.29) is 12.0 Å². The molecule has 0 bridgehead atoms. The Morgan fingerprint density at radius 3 is 2.77 bits per heavy atom. The summed E-state index contributed by atoms with van der Waals surface area (Å²) < 4.78 is 11.0. The van der Waals surface area contributed by atoms with Crippen LogP contribution >= 0.6 is 11.8 Å². The number of thioether (sulfide) groups is 1. The number of carbonyl (C=O) groups excluding carboxylic acids is 1. The Balaban J connectivity index is 1.64. The lowest BCUT2D eigenvalue weighted by Gasteiger charge is -2.13. The van der Waals surface area contributed by atoms with E-state index in [1.54, 1.807) is 18.9 Å². The van der Waals surface area contributed by atoms with Gasteiger partial charge in [-0.25, -0.2) is 0 Å². The number of hydrogen-bond acceptors (Lipinski definition) is 4. The third kappa shape index (κ3) is 5.02. The van der Waals surface area contributed by atoms with Crippen LogP contribution in [-0.2, 0) is 10.5 Å². The van der Waals surface area contributed by atoms with E-state index in [1.165, 1.54) is 10.5 Å². The van der Waals surface area contributed by atoms with Crippen LogP contribution in [0.2, 0.25) is 0 Å². The van der Waals surface area contributed by atoms with Crippen molar-refractivity contribution in [2.24, 2.45) is 0 Å². The molecule has 1 heterocycles. The zero-order chi connectivity index (χ0) is 18.4. The monoisotopic (exact) mass is 371 g/mol. The second-order valence-corrected chi connectivity index (χ2v) is 7.52. The minimum absolute atomic E-state index is 0.0651. The molecule has 4 nitrogen and oxygen atoms in total. The van der Waals surface area contributed by atoms with Crippen LogP contribution in [0.4, 0.5) is 0 Å². The van der Waals surface area contributed by atoms with Gasteiger partial charge in [-0.15, -0.1) is 11.8 Å². The molecule has 138 valence electrons. The van der Waals surface area contributed by atoms with Gasteiger partial charge in [0.2, 0.25) is 0 Å². The van der Waals surface area contributed by atoms with Gasteiger partial charge < -0.3 is 14.8 Å². The third-order valence-corrected chi connectivity index (χ3v) is 5.53. The highest BCUT2D eigenvalue weighted by Crippen LogP contribution is 2.29. The molecule has 2 aromatic rings. The van der Waals surface area contributed by atoms with Crippen LogP contribution in [0.15, 0.2) is 47.4 Å². The molecule has 0 saturated carbocycles. The molecular weight excluding hydrogens is 346 g/mol. The number of nitrogens with one attached hydrogen (secondary N) is 1. The van der Waals surface area contributed by atoms with E-state index in [2.05, 4.69) is 36.5 Å². The van der Waals surface area contributed by atoms with Gasteiger partial charge in [-0.05, 0) is 50.1 Å². The molecule has 26 heavy (non-hydrogen) atoms. The lowest BCUT2D eigenvalue weighted by molar-refractivity contribution is 0.0857. The van der Waals surface area contributed by atoms with Gasteiger partial charge in [0.1, 0.15) is 5.75 Å². The largest absolute Gasteiger partial charge is 0.496 e. The molecule has 1 N–H and O–H groups in total. The predicted octanol–water partition coefficient (Wildman–Crippen LogP) is 4.20. The van der Waals surface area contributed by atoms with Gasteiger partial charge in [-0.1, -0.05) is 17.7 Å². The molecule has 0 unspecified atom stereocenters. The summed E-state index contributed by atoms with van der Waals surface area (Å²) >= 11 is 1.73. The fourth-order valence-corrected chi connectivity index (χ4v) is 3.82. The van der Waals surface area contributed by atoms with Crippen LogP contribution in [0.3, 0.4) is 0 Å². The Morgan fingerprint density at radius 1 is 1.27 bits per heavy atom. The maximum Gasteiger partial charge on any atom is 0.251 e. The lowest BCUT2D eigenvalue weighted by Crippen LogP contribution is -2.31. The summed E-state index contributed by atoms with van der Waals surface area (Å²) in [6, 6.07) is 14.0. The highest BCUT2D eigenvalue weighted by atomic mass is 32.2. The molecule has 1 atom stereocenters. The number of ether oxygens (including phenoxy) is 2. The van der Waals surface area contributed by atoms with Gasteiger partial charge in [0.05, 0.1) is 13.2 Å².